The van der Waals surface area contributed by atoms with Crippen molar-refractivity contribution in [2.75, 3.05) is 11.9 Å². The van der Waals surface area contributed by atoms with Gasteiger partial charge in [0.25, 0.3) is 0 Å². The summed E-state index contributed by atoms with van der Waals surface area (Å²) in [5, 5.41) is 1.29. The van der Waals surface area contributed by atoms with Gasteiger partial charge in [0.05, 0.1) is 5.39 Å². The lowest BCUT2D eigenvalue weighted by atomic mass is 9.89. The topological polar surface area (TPSA) is 29.0 Å². The van der Waals surface area contributed by atoms with Crippen molar-refractivity contribution < 1.29 is 0 Å². The molecule has 1 aliphatic rings. The molecule has 1 atom stereocenters. The summed E-state index contributed by atoms with van der Waals surface area (Å²) in [6, 6.07) is 10.6. The van der Waals surface area contributed by atoms with E-state index in [4.69, 9.17) is 0 Å². The number of hydrogen-bond acceptors (Lipinski definition) is 4. The van der Waals surface area contributed by atoms with Crippen LogP contribution in [0.1, 0.15) is 29.3 Å². The first-order valence-electron chi connectivity index (χ1n) is 8.22. The molecule has 0 fully saturated rings. The average molecular weight is 323 g/mol. The second-order valence-electron chi connectivity index (χ2n) is 6.57. The van der Waals surface area contributed by atoms with Gasteiger partial charge in [-0.15, -0.1) is 11.3 Å². The predicted octanol–water partition coefficient (Wildman–Crippen LogP) is 4.45. The van der Waals surface area contributed by atoms with Crippen molar-refractivity contribution >= 4 is 27.4 Å². The number of hydrogen-bond donors (Lipinski definition) is 0. The van der Waals surface area contributed by atoms with Crippen LogP contribution in [0.2, 0.25) is 0 Å². The molecule has 0 unspecified atom stereocenters. The molecule has 2 aromatic heterocycles. The zero-order valence-corrected chi connectivity index (χ0v) is 14.4. The molecule has 4 heteroatoms. The van der Waals surface area contributed by atoms with E-state index in [1.165, 1.54) is 34.2 Å². The fraction of sp³-hybridized carbons (Fsp3) is 0.368. The Bertz CT molecular complexity index is 825. The number of benzene rings is 1. The zero-order chi connectivity index (χ0) is 15.8. The Hall–Kier alpha value is -1.94. The molecule has 1 aliphatic carbocycles. The highest BCUT2D eigenvalue weighted by Crippen LogP contribution is 2.40. The average Bonchev–Trinajstić information content (AvgIpc) is 2.93. The molecule has 0 amide bonds. The van der Waals surface area contributed by atoms with Crippen LogP contribution in [0.15, 0.2) is 36.7 Å². The third-order valence-corrected chi connectivity index (χ3v) is 5.86. The van der Waals surface area contributed by atoms with Crippen molar-refractivity contribution in [3.05, 3.63) is 52.7 Å². The predicted molar refractivity (Wildman–Crippen MR) is 97.2 cm³/mol. The molecular formula is C19H21N3S. The monoisotopic (exact) mass is 323 g/mol. The van der Waals surface area contributed by atoms with E-state index in [-0.39, 0.29) is 0 Å². The Labute approximate surface area is 141 Å². The van der Waals surface area contributed by atoms with E-state index in [1.54, 1.807) is 6.33 Å². The van der Waals surface area contributed by atoms with Gasteiger partial charge in [0.1, 0.15) is 17.0 Å². The Balaban J connectivity index is 1.75. The summed E-state index contributed by atoms with van der Waals surface area (Å²) < 4.78 is 0. The van der Waals surface area contributed by atoms with Crippen LogP contribution >= 0.6 is 11.3 Å². The van der Waals surface area contributed by atoms with Crippen molar-refractivity contribution in [1.29, 1.82) is 0 Å². The minimum atomic E-state index is 0.786. The largest absolute Gasteiger partial charge is 0.355 e. The van der Waals surface area contributed by atoms with Crippen LogP contribution in [0.25, 0.3) is 10.2 Å². The van der Waals surface area contributed by atoms with Crippen LogP contribution in [0, 0.1) is 5.92 Å². The molecule has 118 valence electrons. The Morgan fingerprint density at radius 3 is 2.87 bits per heavy atom. The summed E-state index contributed by atoms with van der Waals surface area (Å²) in [6.45, 7) is 3.22. The Kier molecular flexibility index (Phi) is 3.77. The van der Waals surface area contributed by atoms with Crippen LogP contribution in [-0.2, 0) is 19.4 Å². The molecule has 3 aromatic rings. The zero-order valence-electron chi connectivity index (χ0n) is 13.6. The minimum Gasteiger partial charge on any atom is -0.355 e. The fourth-order valence-corrected chi connectivity index (χ4v) is 4.82. The van der Waals surface area contributed by atoms with Gasteiger partial charge in [0.2, 0.25) is 0 Å². The molecule has 0 spiro atoms. The van der Waals surface area contributed by atoms with Gasteiger partial charge in [-0.3, -0.25) is 0 Å². The van der Waals surface area contributed by atoms with E-state index in [1.807, 2.05) is 11.3 Å². The van der Waals surface area contributed by atoms with Gasteiger partial charge < -0.3 is 4.90 Å². The lowest BCUT2D eigenvalue weighted by Crippen LogP contribution is -2.18. The summed E-state index contributed by atoms with van der Waals surface area (Å²) in [4.78, 5) is 14.1. The quantitative estimate of drug-likeness (QED) is 0.713. The standard InChI is InChI=1S/C19H21N3S/c1-13-8-9-15-16(10-13)23-19-17(15)18(20-12-21-19)22(2)11-14-6-4-3-5-7-14/h3-7,12-13H,8-11H2,1-2H3/t13-/m1/s1. The third kappa shape index (κ3) is 2.72. The Morgan fingerprint density at radius 1 is 1.22 bits per heavy atom. The van der Waals surface area contributed by atoms with Crippen LogP contribution in [-0.4, -0.2) is 17.0 Å². The maximum Gasteiger partial charge on any atom is 0.141 e. The number of aryl methyl sites for hydroxylation is 1. The molecule has 2 heterocycles. The van der Waals surface area contributed by atoms with E-state index in [0.29, 0.717) is 0 Å². The van der Waals surface area contributed by atoms with E-state index >= 15 is 0 Å². The van der Waals surface area contributed by atoms with Crippen molar-refractivity contribution in [3.63, 3.8) is 0 Å². The molecular weight excluding hydrogens is 302 g/mol. The molecule has 0 aliphatic heterocycles. The number of fused-ring (bicyclic) bond motifs is 3. The number of nitrogens with zero attached hydrogens (tertiary/aromatic N) is 3. The van der Waals surface area contributed by atoms with Crippen molar-refractivity contribution in [3.8, 4) is 0 Å². The molecule has 23 heavy (non-hydrogen) atoms. The van der Waals surface area contributed by atoms with Crippen LogP contribution in [0.5, 0.6) is 0 Å². The van der Waals surface area contributed by atoms with Gasteiger partial charge >= 0.3 is 0 Å². The third-order valence-electron chi connectivity index (χ3n) is 4.70. The van der Waals surface area contributed by atoms with E-state index < -0.39 is 0 Å². The lowest BCUT2D eigenvalue weighted by Gasteiger charge is -2.21. The summed E-state index contributed by atoms with van der Waals surface area (Å²) in [5.74, 6) is 1.86. The number of rotatable bonds is 3. The number of thiophene rings is 1. The summed E-state index contributed by atoms with van der Waals surface area (Å²) >= 11 is 1.86. The SMILES string of the molecule is C[C@@H]1CCc2c(sc3ncnc(N(C)Cc4ccccc4)c23)C1. The highest BCUT2D eigenvalue weighted by Gasteiger charge is 2.24. The number of anilines is 1. The second-order valence-corrected chi connectivity index (χ2v) is 7.65. The molecule has 0 radical (unpaired) electrons. The molecule has 4 rings (SSSR count). The highest BCUT2D eigenvalue weighted by molar-refractivity contribution is 7.19. The van der Waals surface area contributed by atoms with E-state index in [9.17, 15) is 0 Å². The molecule has 0 saturated carbocycles. The fourth-order valence-electron chi connectivity index (χ4n) is 3.48. The number of aromatic nitrogens is 2. The normalized spacial score (nSPS) is 17.2. The highest BCUT2D eigenvalue weighted by atomic mass is 32.1. The van der Waals surface area contributed by atoms with Crippen molar-refractivity contribution in [2.24, 2.45) is 5.92 Å². The van der Waals surface area contributed by atoms with E-state index in [0.717, 1.165) is 29.5 Å². The summed E-state index contributed by atoms with van der Waals surface area (Å²) in [6.07, 6.45) is 5.34. The minimum absolute atomic E-state index is 0.786. The van der Waals surface area contributed by atoms with Gasteiger partial charge in [-0.1, -0.05) is 37.3 Å². The molecule has 0 saturated heterocycles. The first kappa shape index (κ1) is 14.6. The van der Waals surface area contributed by atoms with Crippen LogP contribution in [0.4, 0.5) is 5.82 Å². The molecule has 0 N–H and O–H groups in total. The van der Waals surface area contributed by atoms with Gasteiger partial charge in [-0.05, 0) is 36.3 Å². The van der Waals surface area contributed by atoms with E-state index in [2.05, 4.69) is 59.2 Å². The van der Waals surface area contributed by atoms with Crippen molar-refractivity contribution in [2.45, 2.75) is 32.7 Å². The molecule has 1 aromatic carbocycles. The summed E-state index contributed by atoms with van der Waals surface area (Å²) in [7, 11) is 2.13. The van der Waals surface area contributed by atoms with Gasteiger partial charge in [0, 0.05) is 18.5 Å². The molecule has 0 bridgehead atoms. The van der Waals surface area contributed by atoms with Gasteiger partial charge in [0.15, 0.2) is 0 Å². The smallest absolute Gasteiger partial charge is 0.141 e. The Morgan fingerprint density at radius 2 is 2.04 bits per heavy atom. The second kappa shape index (κ2) is 5.93. The summed E-state index contributed by atoms with van der Waals surface area (Å²) in [5.41, 5.74) is 2.80. The van der Waals surface area contributed by atoms with Gasteiger partial charge in [-0.25, -0.2) is 9.97 Å². The van der Waals surface area contributed by atoms with Crippen LogP contribution < -0.4 is 4.90 Å². The maximum absolute atomic E-state index is 4.62. The lowest BCUT2D eigenvalue weighted by molar-refractivity contribution is 0.509. The first-order valence-corrected chi connectivity index (χ1v) is 9.04. The molecule has 3 nitrogen and oxygen atoms in total. The first-order chi connectivity index (χ1) is 11.2. The van der Waals surface area contributed by atoms with Crippen molar-refractivity contribution in [1.82, 2.24) is 9.97 Å². The van der Waals surface area contributed by atoms with Gasteiger partial charge in [-0.2, -0.15) is 0 Å². The van der Waals surface area contributed by atoms with Crippen LogP contribution in [0.3, 0.4) is 0 Å². The maximum atomic E-state index is 4.62.